The minimum absolute atomic E-state index is 0.192. The van der Waals surface area contributed by atoms with Gasteiger partial charge in [-0.2, -0.15) is 0 Å². The largest absolute Gasteiger partial charge is 0.465 e. The van der Waals surface area contributed by atoms with E-state index in [-0.39, 0.29) is 22.6 Å². The molecular weight excluding hydrogens is 370 g/mol. The Hall–Kier alpha value is -4.00. The summed E-state index contributed by atoms with van der Waals surface area (Å²) in [5.74, 6) is -1.40. The van der Waals surface area contributed by atoms with Crippen LogP contribution in [0, 0.1) is 0 Å². The predicted octanol–water partition coefficient (Wildman–Crippen LogP) is 3.05. The lowest BCUT2D eigenvalue weighted by molar-refractivity contribution is 0.0601. The number of hydrogen-bond donors (Lipinski definition) is 2. The molecule has 0 aliphatic carbocycles. The molecule has 0 saturated heterocycles. The number of methoxy groups -OCH3 is 1. The molecule has 0 fully saturated rings. The summed E-state index contributed by atoms with van der Waals surface area (Å²) in [5.41, 5.74) is 1.95. The van der Waals surface area contributed by atoms with Gasteiger partial charge >= 0.3 is 5.97 Å². The molecule has 0 aliphatic rings. The maximum Gasteiger partial charge on any atom is 0.339 e. The molecule has 0 unspecified atom stereocenters. The number of nitrogens with zero attached hydrogens (tertiary/aromatic N) is 1. The number of anilines is 1. The molecule has 29 heavy (non-hydrogen) atoms. The molecule has 3 aromatic rings. The van der Waals surface area contributed by atoms with Crippen LogP contribution in [0.5, 0.6) is 0 Å². The van der Waals surface area contributed by atoms with Crippen molar-refractivity contribution >= 4 is 23.5 Å². The average Bonchev–Trinajstić information content (AvgIpc) is 2.78. The monoisotopic (exact) mass is 389 g/mol. The van der Waals surface area contributed by atoms with E-state index in [1.807, 2.05) is 30.3 Å². The van der Waals surface area contributed by atoms with Gasteiger partial charge in [-0.15, -0.1) is 0 Å². The topological polar surface area (TPSA) is 97.4 Å². The molecular formula is C22H19N3O4. The summed E-state index contributed by atoms with van der Waals surface area (Å²) in [5, 5.41) is 5.45. The van der Waals surface area contributed by atoms with Crippen LogP contribution in [0.4, 0.5) is 5.69 Å². The van der Waals surface area contributed by atoms with Gasteiger partial charge in [-0.1, -0.05) is 42.5 Å². The summed E-state index contributed by atoms with van der Waals surface area (Å²) in [4.78, 5) is 40.8. The average molecular weight is 389 g/mol. The summed E-state index contributed by atoms with van der Waals surface area (Å²) in [6.07, 6.45) is 2.74. The first-order valence-corrected chi connectivity index (χ1v) is 8.84. The molecule has 0 radical (unpaired) electrons. The van der Waals surface area contributed by atoms with Crippen LogP contribution in [0.1, 0.15) is 36.6 Å². The molecule has 2 N–H and O–H groups in total. The van der Waals surface area contributed by atoms with E-state index in [4.69, 9.17) is 4.74 Å². The van der Waals surface area contributed by atoms with Crippen LogP contribution in [0.2, 0.25) is 0 Å². The minimum atomic E-state index is -0.562. The van der Waals surface area contributed by atoms with Crippen LogP contribution in [0.15, 0.2) is 73.1 Å². The number of benzene rings is 2. The van der Waals surface area contributed by atoms with Gasteiger partial charge in [-0.25, -0.2) is 4.79 Å². The zero-order valence-electron chi connectivity index (χ0n) is 15.7. The maximum atomic E-state index is 12.6. The fourth-order valence-electron chi connectivity index (χ4n) is 2.64. The zero-order valence-corrected chi connectivity index (χ0v) is 15.7. The van der Waals surface area contributed by atoms with Crippen molar-refractivity contribution in [2.45, 2.75) is 6.54 Å². The predicted molar refractivity (Wildman–Crippen MR) is 108 cm³/mol. The highest BCUT2D eigenvalue weighted by Gasteiger charge is 2.16. The van der Waals surface area contributed by atoms with Gasteiger partial charge in [0, 0.05) is 18.9 Å². The Bertz CT molecular complexity index is 1030. The number of carbonyl (C=O) groups is 3. The Morgan fingerprint density at radius 3 is 2.28 bits per heavy atom. The lowest BCUT2D eigenvalue weighted by Gasteiger charge is -2.10. The molecule has 3 rings (SSSR count). The van der Waals surface area contributed by atoms with Crippen LogP contribution in [0.25, 0.3) is 0 Å². The van der Waals surface area contributed by atoms with Crippen molar-refractivity contribution in [1.29, 1.82) is 0 Å². The van der Waals surface area contributed by atoms with E-state index in [1.165, 1.54) is 25.6 Å². The molecule has 1 heterocycles. The Morgan fingerprint density at radius 2 is 1.55 bits per heavy atom. The molecule has 7 nitrogen and oxygen atoms in total. The van der Waals surface area contributed by atoms with Crippen molar-refractivity contribution in [2.24, 2.45) is 0 Å². The second kappa shape index (κ2) is 9.27. The summed E-state index contributed by atoms with van der Waals surface area (Å²) in [6, 6.07) is 17.4. The number of para-hydroxylation sites is 1. The Kier molecular flexibility index (Phi) is 6.32. The van der Waals surface area contributed by atoms with E-state index >= 15 is 0 Å². The van der Waals surface area contributed by atoms with Crippen molar-refractivity contribution in [3.8, 4) is 0 Å². The second-order valence-electron chi connectivity index (χ2n) is 6.12. The molecule has 1 aromatic heterocycles. The van der Waals surface area contributed by atoms with E-state index < -0.39 is 11.9 Å². The van der Waals surface area contributed by atoms with Gasteiger partial charge in [-0.05, 0) is 23.8 Å². The van der Waals surface area contributed by atoms with E-state index in [0.29, 0.717) is 12.2 Å². The van der Waals surface area contributed by atoms with Crippen LogP contribution in [-0.2, 0) is 11.3 Å². The van der Waals surface area contributed by atoms with Crippen LogP contribution >= 0.6 is 0 Å². The SMILES string of the molecule is COC(=O)c1ccccc1NC(=O)c1cncc(C(=O)NCc2ccccc2)c1. The molecule has 0 aliphatic heterocycles. The van der Waals surface area contributed by atoms with Crippen molar-refractivity contribution in [1.82, 2.24) is 10.3 Å². The highest BCUT2D eigenvalue weighted by Crippen LogP contribution is 2.17. The van der Waals surface area contributed by atoms with E-state index in [9.17, 15) is 14.4 Å². The minimum Gasteiger partial charge on any atom is -0.465 e. The first-order valence-electron chi connectivity index (χ1n) is 8.84. The van der Waals surface area contributed by atoms with Gasteiger partial charge in [0.2, 0.25) is 0 Å². The molecule has 0 atom stereocenters. The van der Waals surface area contributed by atoms with Crippen LogP contribution < -0.4 is 10.6 Å². The van der Waals surface area contributed by atoms with Crippen LogP contribution in [0.3, 0.4) is 0 Å². The molecule has 146 valence electrons. The van der Waals surface area contributed by atoms with Gasteiger partial charge in [0.15, 0.2) is 0 Å². The smallest absolute Gasteiger partial charge is 0.339 e. The number of ether oxygens (including phenoxy) is 1. The molecule has 0 bridgehead atoms. The van der Waals surface area contributed by atoms with Gasteiger partial charge in [0.1, 0.15) is 0 Å². The molecule has 2 amide bonds. The fraction of sp³-hybridized carbons (Fsp3) is 0.0909. The number of nitrogens with one attached hydrogen (secondary N) is 2. The highest BCUT2D eigenvalue weighted by atomic mass is 16.5. The normalized spacial score (nSPS) is 10.1. The van der Waals surface area contributed by atoms with Gasteiger partial charge < -0.3 is 15.4 Å². The molecule has 7 heteroatoms. The van der Waals surface area contributed by atoms with Crippen molar-refractivity contribution < 1.29 is 19.1 Å². The standard InChI is InChI=1S/C22H19N3O4/c1-29-22(28)18-9-5-6-10-19(18)25-21(27)17-11-16(13-23-14-17)20(26)24-12-15-7-3-2-4-8-15/h2-11,13-14H,12H2,1H3,(H,24,26)(H,25,27). The number of rotatable bonds is 6. The van der Waals surface area contributed by atoms with Crippen molar-refractivity contribution in [2.75, 3.05) is 12.4 Å². The number of esters is 1. The molecule has 2 aromatic carbocycles. The summed E-state index contributed by atoms with van der Waals surface area (Å²) in [6.45, 7) is 0.364. The Balaban J connectivity index is 1.71. The molecule has 0 saturated carbocycles. The maximum absolute atomic E-state index is 12.6. The summed E-state index contributed by atoms with van der Waals surface area (Å²) >= 11 is 0. The number of carbonyl (C=O) groups excluding carboxylic acids is 3. The first kappa shape index (κ1) is 19.8. The second-order valence-corrected chi connectivity index (χ2v) is 6.12. The lowest BCUT2D eigenvalue weighted by Crippen LogP contribution is -2.23. The Morgan fingerprint density at radius 1 is 0.897 bits per heavy atom. The van der Waals surface area contributed by atoms with E-state index in [1.54, 1.807) is 24.3 Å². The molecule has 0 spiro atoms. The third-order valence-electron chi connectivity index (χ3n) is 4.14. The lowest BCUT2D eigenvalue weighted by atomic mass is 10.1. The third-order valence-corrected chi connectivity index (χ3v) is 4.14. The first-order chi connectivity index (χ1) is 14.1. The van der Waals surface area contributed by atoms with Gasteiger partial charge in [-0.3, -0.25) is 14.6 Å². The fourth-order valence-corrected chi connectivity index (χ4v) is 2.64. The van der Waals surface area contributed by atoms with Crippen molar-refractivity contribution in [3.05, 3.63) is 95.3 Å². The highest BCUT2D eigenvalue weighted by molar-refractivity contribution is 6.08. The third kappa shape index (κ3) is 5.04. The Labute approximate surface area is 167 Å². The summed E-state index contributed by atoms with van der Waals surface area (Å²) < 4.78 is 4.72. The van der Waals surface area contributed by atoms with Gasteiger partial charge in [0.05, 0.1) is 29.5 Å². The quantitative estimate of drug-likeness (QED) is 0.632. The number of hydrogen-bond acceptors (Lipinski definition) is 5. The number of amides is 2. The van der Waals surface area contributed by atoms with Crippen LogP contribution in [-0.4, -0.2) is 29.9 Å². The van der Waals surface area contributed by atoms with E-state index in [0.717, 1.165) is 5.56 Å². The summed E-state index contributed by atoms with van der Waals surface area (Å²) in [7, 11) is 1.27. The van der Waals surface area contributed by atoms with Gasteiger partial charge in [0.25, 0.3) is 11.8 Å². The van der Waals surface area contributed by atoms with E-state index in [2.05, 4.69) is 15.6 Å². The number of aromatic nitrogens is 1. The van der Waals surface area contributed by atoms with Crippen molar-refractivity contribution in [3.63, 3.8) is 0 Å². The zero-order chi connectivity index (χ0) is 20.6. The number of pyridine rings is 1.